The highest BCUT2D eigenvalue weighted by Crippen LogP contribution is 2.27. The maximum Gasteiger partial charge on any atom is 0.126 e. The first-order valence-corrected chi connectivity index (χ1v) is 5.59. The van der Waals surface area contributed by atoms with Crippen LogP contribution in [0.5, 0.6) is 5.75 Å². The van der Waals surface area contributed by atoms with Crippen molar-refractivity contribution in [2.75, 3.05) is 7.11 Å². The van der Waals surface area contributed by atoms with Gasteiger partial charge in [-0.05, 0) is 37.8 Å². The van der Waals surface area contributed by atoms with Gasteiger partial charge in [-0.2, -0.15) is 0 Å². The summed E-state index contributed by atoms with van der Waals surface area (Å²) in [5.41, 5.74) is 3.82. The highest BCUT2D eigenvalue weighted by molar-refractivity contribution is 5.45. The van der Waals surface area contributed by atoms with E-state index < -0.39 is 0 Å². The van der Waals surface area contributed by atoms with E-state index in [1.807, 2.05) is 0 Å². The molecule has 0 saturated heterocycles. The average Bonchev–Trinajstić information content (AvgIpc) is 3.03. The molecule has 0 amide bonds. The van der Waals surface area contributed by atoms with Crippen molar-refractivity contribution in [2.24, 2.45) is 0 Å². The van der Waals surface area contributed by atoms with E-state index in [4.69, 9.17) is 4.74 Å². The van der Waals surface area contributed by atoms with Crippen LogP contribution in [-0.2, 0) is 6.54 Å². The van der Waals surface area contributed by atoms with Gasteiger partial charge in [-0.25, -0.2) is 0 Å². The molecule has 0 atom stereocenters. The molecule has 1 aromatic rings. The Morgan fingerprint density at radius 3 is 2.67 bits per heavy atom. The van der Waals surface area contributed by atoms with Gasteiger partial charge in [0.05, 0.1) is 7.11 Å². The van der Waals surface area contributed by atoms with Crippen LogP contribution in [0.1, 0.15) is 29.5 Å². The number of benzene rings is 1. The van der Waals surface area contributed by atoms with E-state index in [9.17, 15) is 0 Å². The second-order valence-corrected chi connectivity index (χ2v) is 4.36. The lowest BCUT2D eigenvalue weighted by atomic mass is 10.0. The largest absolute Gasteiger partial charge is 0.496 e. The van der Waals surface area contributed by atoms with Crippen LogP contribution in [0.4, 0.5) is 0 Å². The standard InChI is InChI=1S/C13H19NO/c1-9-4-5-11(8-14-12-6-7-12)13(15-3)10(9)2/h4-5,12,14H,6-8H2,1-3H3. The van der Waals surface area contributed by atoms with Gasteiger partial charge in [0.25, 0.3) is 0 Å². The zero-order chi connectivity index (χ0) is 10.8. The molecule has 2 nitrogen and oxygen atoms in total. The van der Waals surface area contributed by atoms with Crippen LogP contribution in [0.15, 0.2) is 12.1 Å². The summed E-state index contributed by atoms with van der Waals surface area (Å²) >= 11 is 0. The summed E-state index contributed by atoms with van der Waals surface area (Å²) in [5.74, 6) is 1.04. The fourth-order valence-electron chi connectivity index (χ4n) is 1.81. The maximum atomic E-state index is 5.47. The van der Waals surface area contributed by atoms with Gasteiger partial charge in [-0.1, -0.05) is 12.1 Å². The molecule has 1 saturated carbocycles. The Balaban J connectivity index is 2.16. The predicted molar refractivity (Wildman–Crippen MR) is 62.3 cm³/mol. The normalized spacial score (nSPS) is 15.4. The smallest absolute Gasteiger partial charge is 0.126 e. The fraction of sp³-hybridized carbons (Fsp3) is 0.538. The average molecular weight is 205 g/mol. The summed E-state index contributed by atoms with van der Waals surface area (Å²) in [6.07, 6.45) is 2.65. The number of hydrogen-bond donors (Lipinski definition) is 1. The molecule has 1 fully saturated rings. The number of aryl methyl sites for hydroxylation is 1. The third kappa shape index (κ3) is 2.32. The lowest BCUT2D eigenvalue weighted by Crippen LogP contribution is -2.16. The number of hydrogen-bond acceptors (Lipinski definition) is 2. The van der Waals surface area contributed by atoms with E-state index in [1.54, 1.807) is 7.11 Å². The molecule has 0 aromatic heterocycles. The first-order chi connectivity index (χ1) is 7.22. The van der Waals surface area contributed by atoms with Crippen molar-refractivity contribution < 1.29 is 4.74 Å². The summed E-state index contributed by atoms with van der Waals surface area (Å²) < 4.78 is 5.47. The van der Waals surface area contributed by atoms with Crippen LogP contribution in [0.25, 0.3) is 0 Å². The topological polar surface area (TPSA) is 21.3 Å². The molecule has 1 N–H and O–H groups in total. The van der Waals surface area contributed by atoms with Crippen LogP contribution in [0.3, 0.4) is 0 Å². The third-order valence-electron chi connectivity index (χ3n) is 3.12. The highest BCUT2D eigenvalue weighted by Gasteiger charge is 2.20. The molecule has 0 radical (unpaired) electrons. The second kappa shape index (κ2) is 4.23. The van der Waals surface area contributed by atoms with Crippen molar-refractivity contribution in [3.8, 4) is 5.75 Å². The number of nitrogens with one attached hydrogen (secondary N) is 1. The highest BCUT2D eigenvalue weighted by atomic mass is 16.5. The Kier molecular flexibility index (Phi) is 2.96. The molecule has 82 valence electrons. The lowest BCUT2D eigenvalue weighted by molar-refractivity contribution is 0.404. The van der Waals surface area contributed by atoms with Crippen molar-refractivity contribution in [3.05, 3.63) is 28.8 Å². The summed E-state index contributed by atoms with van der Waals surface area (Å²) in [7, 11) is 1.75. The Morgan fingerprint density at radius 2 is 2.07 bits per heavy atom. The van der Waals surface area contributed by atoms with Gasteiger partial charge in [0, 0.05) is 18.2 Å². The van der Waals surface area contributed by atoms with E-state index in [0.29, 0.717) is 0 Å². The second-order valence-electron chi connectivity index (χ2n) is 4.36. The van der Waals surface area contributed by atoms with E-state index in [1.165, 1.54) is 29.5 Å². The minimum atomic E-state index is 0.747. The monoisotopic (exact) mass is 205 g/mol. The molecular formula is C13H19NO. The predicted octanol–water partition coefficient (Wildman–Crippen LogP) is 2.56. The zero-order valence-electron chi connectivity index (χ0n) is 9.76. The lowest BCUT2D eigenvalue weighted by Gasteiger charge is -2.13. The van der Waals surface area contributed by atoms with E-state index in [2.05, 4.69) is 31.3 Å². The van der Waals surface area contributed by atoms with Gasteiger partial charge < -0.3 is 10.1 Å². The van der Waals surface area contributed by atoms with Crippen molar-refractivity contribution in [3.63, 3.8) is 0 Å². The van der Waals surface area contributed by atoms with Crippen molar-refractivity contribution in [1.29, 1.82) is 0 Å². The van der Waals surface area contributed by atoms with E-state index in [0.717, 1.165) is 18.3 Å². The van der Waals surface area contributed by atoms with Gasteiger partial charge in [-0.15, -0.1) is 0 Å². The molecule has 0 aliphatic heterocycles. The molecule has 2 rings (SSSR count). The van der Waals surface area contributed by atoms with Gasteiger partial charge >= 0.3 is 0 Å². The summed E-state index contributed by atoms with van der Waals surface area (Å²) in [4.78, 5) is 0. The molecule has 1 aromatic carbocycles. The van der Waals surface area contributed by atoms with Gasteiger partial charge in [-0.3, -0.25) is 0 Å². The minimum absolute atomic E-state index is 0.747. The fourth-order valence-corrected chi connectivity index (χ4v) is 1.81. The molecular weight excluding hydrogens is 186 g/mol. The molecule has 0 unspecified atom stereocenters. The molecule has 0 spiro atoms. The molecule has 2 heteroatoms. The van der Waals surface area contributed by atoms with E-state index in [-0.39, 0.29) is 0 Å². The Morgan fingerprint density at radius 1 is 1.33 bits per heavy atom. The quantitative estimate of drug-likeness (QED) is 0.815. The van der Waals surface area contributed by atoms with Crippen LogP contribution in [0.2, 0.25) is 0 Å². The van der Waals surface area contributed by atoms with Gasteiger partial charge in [0.15, 0.2) is 0 Å². The Labute approximate surface area is 91.6 Å². The third-order valence-corrected chi connectivity index (χ3v) is 3.12. The van der Waals surface area contributed by atoms with Gasteiger partial charge in [0.2, 0.25) is 0 Å². The van der Waals surface area contributed by atoms with Crippen molar-refractivity contribution in [2.45, 2.75) is 39.3 Å². The Bertz CT molecular complexity index is 356. The molecule has 15 heavy (non-hydrogen) atoms. The first kappa shape index (κ1) is 10.5. The molecule has 0 heterocycles. The SMILES string of the molecule is COc1c(CNC2CC2)ccc(C)c1C. The molecule has 1 aliphatic carbocycles. The minimum Gasteiger partial charge on any atom is -0.496 e. The van der Waals surface area contributed by atoms with Crippen LogP contribution < -0.4 is 10.1 Å². The Hall–Kier alpha value is -1.02. The van der Waals surface area contributed by atoms with Gasteiger partial charge in [0.1, 0.15) is 5.75 Å². The summed E-state index contributed by atoms with van der Waals surface area (Å²) in [5, 5.41) is 3.51. The summed E-state index contributed by atoms with van der Waals surface area (Å²) in [6.45, 7) is 5.17. The summed E-state index contributed by atoms with van der Waals surface area (Å²) in [6, 6.07) is 5.08. The van der Waals surface area contributed by atoms with Crippen LogP contribution in [-0.4, -0.2) is 13.2 Å². The van der Waals surface area contributed by atoms with Crippen molar-refractivity contribution >= 4 is 0 Å². The first-order valence-electron chi connectivity index (χ1n) is 5.59. The van der Waals surface area contributed by atoms with Crippen LogP contribution >= 0.6 is 0 Å². The van der Waals surface area contributed by atoms with Crippen molar-refractivity contribution in [1.82, 2.24) is 5.32 Å². The maximum absolute atomic E-state index is 5.47. The molecule has 1 aliphatic rings. The number of ether oxygens (including phenoxy) is 1. The molecule has 0 bridgehead atoms. The number of methoxy groups -OCH3 is 1. The van der Waals surface area contributed by atoms with Crippen LogP contribution in [0, 0.1) is 13.8 Å². The zero-order valence-corrected chi connectivity index (χ0v) is 9.76. The number of rotatable bonds is 4. The van der Waals surface area contributed by atoms with E-state index >= 15 is 0 Å².